The van der Waals surface area contributed by atoms with E-state index in [1.54, 1.807) is 0 Å². The fourth-order valence-electron chi connectivity index (χ4n) is 3.81. The lowest BCUT2D eigenvalue weighted by Gasteiger charge is -2.35. The van der Waals surface area contributed by atoms with Crippen LogP contribution in [0.1, 0.15) is 27.0 Å². The molecule has 0 bridgehead atoms. The Morgan fingerprint density at radius 2 is 1.36 bits per heavy atom. The number of halogens is 6. The van der Waals surface area contributed by atoms with Crippen LogP contribution in [0.2, 0.25) is 0 Å². The number of carbonyl (C=O) groups excluding carboxylic acids is 1. The molecule has 1 saturated heterocycles. The lowest BCUT2D eigenvalue weighted by Crippen LogP contribution is -2.48. The number of amides is 1. The first-order chi connectivity index (χ1) is 15.5. The van der Waals surface area contributed by atoms with Gasteiger partial charge in [0.05, 0.1) is 11.1 Å². The molecular weight excluding hydrogens is 454 g/mol. The van der Waals surface area contributed by atoms with Crippen LogP contribution >= 0.6 is 0 Å². The minimum atomic E-state index is -5.00. The molecule has 11 heteroatoms. The predicted molar refractivity (Wildman–Crippen MR) is 105 cm³/mol. The Kier molecular flexibility index (Phi) is 6.17. The van der Waals surface area contributed by atoms with Gasteiger partial charge in [-0.3, -0.25) is 9.69 Å². The minimum Gasteiger partial charge on any atom is -0.486 e. The van der Waals surface area contributed by atoms with Crippen LogP contribution in [0.25, 0.3) is 0 Å². The Hall–Kier alpha value is -2.95. The summed E-state index contributed by atoms with van der Waals surface area (Å²) in [6, 6.07) is 6.54. The number of alkyl halides is 6. The SMILES string of the molecule is O=C(c1cc(C(F)(F)F)cc(C(F)(F)F)c1)N1CCN(Cc2ccc3c(c2)OCCO3)CC1. The maximum Gasteiger partial charge on any atom is 0.416 e. The average Bonchev–Trinajstić information content (AvgIpc) is 2.77. The number of fused-ring (bicyclic) bond motifs is 1. The fraction of sp³-hybridized carbons (Fsp3) is 0.409. The van der Waals surface area contributed by atoms with E-state index in [1.165, 1.54) is 4.90 Å². The van der Waals surface area contributed by atoms with Crippen molar-refractivity contribution in [2.75, 3.05) is 39.4 Å². The lowest BCUT2D eigenvalue weighted by atomic mass is 10.0. The van der Waals surface area contributed by atoms with Crippen LogP contribution in [-0.2, 0) is 18.9 Å². The third-order valence-corrected chi connectivity index (χ3v) is 5.51. The molecule has 2 aromatic carbocycles. The topological polar surface area (TPSA) is 42.0 Å². The van der Waals surface area contributed by atoms with Gasteiger partial charge >= 0.3 is 12.4 Å². The van der Waals surface area contributed by atoms with Gasteiger partial charge in [-0.1, -0.05) is 6.07 Å². The zero-order chi connectivity index (χ0) is 23.8. The van der Waals surface area contributed by atoms with E-state index >= 15 is 0 Å². The van der Waals surface area contributed by atoms with Crippen LogP contribution in [0, 0.1) is 0 Å². The number of benzene rings is 2. The summed E-state index contributed by atoms with van der Waals surface area (Å²) in [6.45, 7) is 2.71. The third-order valence-electron chi connectivity index (χ3n) is 5.51. The molecule has 178 valence electrons. The number of carbonyl (C=O) groups is 1. The van der Waals surface area contributed by atoms with E-state index in [1.807, 2.05) is 23.1 Å². The Morgan fingerprint density at radius 1 is 0.788 bits per heavy atom. The molecule has 1 fully saturated rings. The van der Waals surface area contributed by atoms with Gasteiger partial charge < -0.3 is 14.4 Å². The van der Waals surface area contributed by atoms with E-state index in [2.05, 4.69) is 0 Å². The predicted octanol–water partition coefficient (Wildman–Crippen LogP) is 4.45. The summed E-state index contributed by atoms with van der Waals surface area (Å²) in [4.78, 5) is 16.0. The van der Waals surface area contributed by atoms with Gasteiger partial charge in [-0.25, -0.2) is 0 Å². The van der Waals surface area contributed by atoms with E-state index in [0.717, 1.165) is 5.56 Å². The summed E-state index contributed by atoms with van der Waals surface area (Å²) in [6.07, 6.45) is -10.0. The van der Waals surface area contributed by atoms with Gasteiger partial charge in [0, 0.05) is 38.3 Å². The van der Waals surface area contributed by atoms with Gasteiger partial charge in [-0.2, -0.15) is 26.3 Å². The number of hydrogen-bond donors (Lipinski definition) is 0. The molecule has 2 aliphatic rings. The molecule has 0 saturated carbocycles. The Bertz CT molecular complexity index is 998. The molecule has 0 atom stereocenters. The van der Waals surface area contributed by atoms with Crippen molar-refractivity contribution in [3.63, 3.8) is 0 Å². The second-order valence-electron chi connectivity index (χ2n) is 7.84. The number of ether oxygens (including phenoxy) is 2. The monoisotopic (exact) mass is 474 g/mol. The maximum atomic E-state index is 13.1. The Balaban J connectivity index is 1.43. The Labute approximate surface area is 185 Å². The summed E-state index contributed by atoms with van der Waals surface area (Å²) >= 11 is 0. The third kappa shape index (κ3) is 5.35. The molecule has 0 unspecified atom stereocenters. The van der Waals surface area contributed by atoms with E-state index in [4.69, 9.17) is 9.47 Å². The maximum absolute atomic E-state index is 13.1. The standard InChI is InChI=1S/C22H20F6N2O3/c23-21(24,25)16-10-15(11-17(12-16)22(26,27)28)20(31)30-5-3-29(4-6-30)13-14-1-2-18-19(9-14)33-8-7-32-18/h1-2,9-12H,3-8,13H2. The molecule has 2 aliphatic heterocycles. The molecule has 33 heavy (non-hydrogen) atoms. The molecule has 1 amide bonds. The van der Waals surface area contributed by atoms with Gasteiger partial charge in [-0.15, -0.1) is 0 Å². The van der Waals surface area contributed by atoms with Crippen molar-refractivity contribution in [3.05, 3.63) is 58.7 Å². The summed E-state index contributed by atoms with van der Waals surface area (Å²) in [5, 5.41) is 0. The molecule has 0 radical (unpaired) electrons. The summed E-state index contributed by atoms with van der Waals surface area (Å²) in [7, 11) is 0. The largest absolute Gasteiger partial charge is 0.486 e. The highest BCUT2D eigenvalue weighted by Crippen LogP contribution is 2.36. The second kappa shape index (κ2) is 8.77. The van der Waals surface area contributed by atoms with Crippen LogP contribution in [0.4, 0.5) is 26.3 Å². The zero-order valence-electron chi connectivity index (χ0n) is 17.3. The smallest absolute Gasteiger partial charge is 0.416 e. The van der Waals surface area contributed by atoms with E-state index < -0.39 is 35.0 Å². The van der Waals surface area contributed by atoms with Crippen LogP contribution in [0.15, 0.2) is 36.4 Å². The molecular formula is C22H20F6N2O3. The molecule has 0 aromatic heterocycles. The van der Waals surface area contributed by atoms with Gasteiger partial charge in [0.2, 0.25) is 0 Å². The minimum absolute atomic E-state index is 0.0159. The van der Waals surface area contributed by atoms with E-state index in [9.17, 15) is 31.1 Å². The molecule has 0 N–H and O–H groups in total. The Morgan fingerprint density at radius 3 is 1.94 bits per heavy atom. The lowest BCUT2D eigenvalue weighted by molar-refractivity contribution is -0.143. The van der Waals surface area contributed by atoms with Crippen molar-refractivity contribution in [3.8, 4) is 11.5 Å². The van der Waals surface area contributed by atoms with Crippen LogP contribution in [0.3, 0.4) is 0 Å². The molecule has 0 spiro atoms. The highest BCUT2D eigenvalue weighted by atomic mass is 19.4. The molecule has 2 heterocycles. The van der Waals surface area contributed by atoms with Crippen LogP contribution in [0.5, 0.6) is 11.5 Å². The summed E-state index contributed by atoms with van der Waals surface area (Å²) in [5.41, 5.74) is -2.67. The number of rotatable bonds is 3. The quantitative estimate of drug-likeness (QED) is 0.617. The van der Waals surface area contributed by atoms with Gasteiger partial charge in [0.1, 0.15) is 13.2 Å². The van der Waals surface area contributed by atoms with Crippen LogP contribution < -0.4 is 9.47 Å². The van der Waals surface area contributed by atoms with Crippen molar-refractivity contribution < 1.29 is 40.6 Å². The van der Waals surface area contributed by atoms with E-state index in [0.29, 0.717) is 56.5 Å². The first kappa shape index (κ1) is 23.2. The van der Waals surface area contributed by atoms with Crippen molar-refractivity contribution in [2.45, 2.75) is 18.9 Å². The van der Waals surface area contributed by atoms with Gasteiger partial charge in [-0.05, 0) is 35.9 Å². The first-order valence-electron chi connectivity index (χ1n) is 10.2. The molecule has 4 rings (SSSR count). The number of hydrogen-bond acceptors (Lipinski definition) is 4. The van der Waals surface area contributed by atoms with Gasteiger partial charge in [0.25, 0.3) is 5.91 Å². The van der Waals surface area contributed by atoms with E-state index in [-0.39, 0.29) is 19.2 Å². The highest BCUT2D eigenvalue weighted by Gasteiger charge is 2.38. The normalized spacial score (nSPS) is 17.2. The molecule has 2 aromatic rings. The second-order valence-corrected chi connectivity index (χ2v) is 7.84. The molecule has 5 nitrogen and oxygen atoms in total. The van der Waals surface area contributed by atoms with Crippen molar-refractivity contribution in [1.82, 2.24) is 9.80 Å². The van der Waals surface area contributed by atoms with Crippen molar-refractivity contribution >= 4 is 5.91 Å². The van der Waals surface area contributed by atoms with Crippen molar-refractivity contribution in [1.29, 1.82) is 0 Å². The first-order valence-corrected chi connectivity index (χ1v) is 10.2. The fourth-order valence-corrected chi connectivity index (χ4v) is 3.81. The van der Waals surface area contributed by atoms with Gasteiger partial charge in [0.15, 0.2) is 11.5 Å². The van der Waals surface area contributed by atoms with Crippen LogP contribution in [-0.4, -0.2) is 55.1 Å². The van der Waals surface area contributed by atoms with Crippen molar-refractivity contribution in [2.24, 2.45) is 0 Å². The highest BCUT2D eigenvalue weighted by molar-refractivity contribution is 5.94. The summed E-state index contributed by atoms with van der Waals surface area (Å²) in [5.74, 6) is 0.461. The molecule has 0 aliphatic carbocycles. The number of piperazine rings is 1. The average molecular weight is 474 g/mol. The summed E-state index contributed by atoms with van der Waals surface area (Å²) < 4.78 is 89.6. The number of nitrogens with zero attached hydrogens (tertiary/aromatic N) is 2. The zero-order valence-corrected chi connectivity index (χ0v) is 17.3.